The average Bonchev–Trinajstić information content (AvgIpc) is 2.86. The molecule has 23 heavy (non-hydrogen) atoms. The molecule has 1 amide bonds. The Morgan fingerprint density at radius 3 is 2.48 bits per heavy atom. The summed E-state index contributed by atoms with van der Waals surface area (Å²) >= 11 is 0. The van der Waals surface area contributed by atoms with Gasteiger partial charge in [0.15, 0.2) is 5.65 Å². The molecule has 2 aromatic heterocycles. The van der Waals surface area contributed by atoms with Crippen molar-refractivity contribution in [2.24, 2.45) is 0 Å². The highest BCUT2D eigenvalue weighted by Crippen LogP contribution is 2.22. The highest BCUT2D eigenvalue weighted by atomic mass is 16.4. The number of aromatic nitrogens is 3. The second-order valence-electron chi connectivity index (χ2n) is 6.15. The van der Waals surface area contributed by atoms with Gasteiger partial charge in [0.2, 0.25) is 0 Å². The summed E-state index contributed by atoms with van der Waals surface area (Å²) in [6.45, 7) is 9.04. The molecule has 2 aromatic rings. The molecule has 0 spiro atoms. The van der Waals surface area contributed by atoms with Crippen LogP contribution in [-0.2, 0) is 4.79 Å². The lowest BCUT2D eigenvalue weighted by Gasteiger charge is -2.25. The molecule has 2 rings (SSSR count). The summed E-state index contributed by atoms with van der Waals surface area (Å²) in [7, 11) is 0. The molecule has 0 aromatic carbocycles. The maximum absolute atomic E-state index is 12.9. The van der Waals surface area contributed by atoms with Crippen LogP contribution in [0.1, 0.15) is 49.8 Å². The maximum atomic E-state index is 12.9. The van der Waals surface area contributed by atoms with Crippen molar-refractivity contribution in [1.29, 1.82) is 0 Å². The molecular weight excluding hydrogens is 296 g/mol. The fraction of sp³-hybridized carbons (Fsp3) is 0.500. The van der Waals surface area contributed by atoms with Crippen LogP contribution in [0.15, 0.2) is 12.3 Å². The number of rotatable bonds is 5. The molecule has 0 saturated carbocycles. The van der Waals surface area contributed by atoms with E-state index in [4.69, 9.17) is 5.11 Å². The first-order valence-electron chi connectivity index (χ1n) is 7.60. The van der Waals surface area contributed by atoms with Crippen molar-refractivity contribution >= 4 is 22.9 Å². The zero-order valence-electron chi connectivity index (χ0n) is 14.1. The van der Waals surface area contributed by atoms with Gasteiger partial charge in [-0.3, -0.25) is 9.59 Å². The SMILES string of the molecule is Cc1cc(C(=O)N(CC(=O)O)C(C)C)c2cnn(C(C)C)c2n1. The number of carboxylic acid groups (broad SMARTS) is 1. The summed E-state index contributed by atoms with van der Waals surface area (Å²) in [5.41, 5.74) is 1.78. The Morgan fingerprint density at radius 2 is 1.96 bits per heavy atom. The van der Waals surface area contributed by atoms with Gasteiger partial charge in [0.05, 0.1) is 17.1 Å². The van der Waals surface area contributed by atoms with E-state index in [1.54, 1.807) is 30.8 Å². The third-order valence-corrected chi connectivity index (χ3v) is 3.60. The van der Waals surface area contributed by atoms with Crippen molar-refractivity contribution in [1.82, 2.24) is 19.7 Å². The molecule has 0 saturated heterocycles. The fourth-order valence-corrected chi connectivity index (χ4v) is 2.49. The van der Waals surface area contributed by atoms with Crippen molar-refractivity contribution < 1.29 is 14.7 Å². The minimum Gasteiger partial charge on any atom is -0.480 e. The van der Waals surface area contributed by atoms with Crippen LogP contribution in [0.25, 0.3) is 11.0 Å². The molecule has 0 atom stereocenters. The summed E-state index contributed by atoms with van der Waals surface area (Å²) in [5, 5.41) is 14.0. The second-order valence-corrected chi connectivity index (χ2v) is 6.15. The van der Waals surface area contributed by atoms with Crippen LogP contribution in [-0.4, -0.2) is 49.2 Å². The quantitative estimate of drug-likeness (QED) is 0.913. The molecular formula is C16H22N4O3. The van der Waals surface area contributed by atoms with Crippen LogP contribution in [0.2, 0.25) is 0 Å². The molecule has 124 valence electrons. The van der Waals surface area contributed by atoms with E-state index >= 15 is 0 Å². The van der Waals surface area contributed by atoms with Gasteiger partial charge in [-0.2, -0.15) is 5.10 Å². The first-order chi connectivity index (χ1) is 10.7. The van der Waals surface area contributed by atoms with Crippen LogP contribution in [0, 0.1) is 6.92 Å². The molecule has 1 N–H and O–H groups in total. The number of hydrogen-bond acceptors (Lipinski definition) is 4. The van der Waals surface area contributed by atoms with E-state index in [1.807, 2.05) is 20.8 Å². The highest BCUT2D eigenvalue weighted by Gasteiger charge is 2.25. The average molecular weight is 318 g/mol. The largest absolute Gasteiger partial charge is 0.480 e. The van der Waals surface area contributed by atoms with E-state index in [9.17, 15) is 9.59 Å². The molecule has 0 fully saturated rings. The van der Waals surface area contributed by atoms with E-state index in [0.29, 0.717) is 22.3 Å². The van der Waals surface area contributed by atoms with Gasteiger partial charge >= 0.3 is 5.97 Å². The highest BCUT2D eigenvalue weighted by molar-refractivity contribution is 6.06. The second kappa shape index (κ2) is 6.36. The van der Waals surface area contributed by atoms with E-state index in [-0.39, 0.29) is 24.5 Å². The van der Waals surface area contributed by atoms with Crippen LogP contribution in [0.5, 0.6) is 0 Å². The molecule has 0 aliphatic heterocycles. The van der Waals surface area contributed by atoms with Gasteiger partial charge in [-0.05, 0) is 40.7 Å². The molecule has 0 aliphatic carbocycles. The van der Waals surface area contributed by atoms with Crippen LogP contribution in [0.4, 0.5) is 0 Å². The van der Waals surface area contributed by atoms with Crippen LogP contribution >= 0.6 is 0 Å². The van der Waals surface area contributed by atoms with Gasteiger partial charge in [0.25, 0.3) is 5.91 Å². The van der Waals surface area contributed by atoms with Crippen molar-refractivity contribution in [2.75, 3.05) is 6.54 Å². The lowest BCUT2D eigenvalue weighted by Crippen LogP contribution is -2.40. The van der Waals surface area contributed by atoms with Gasteiger partial charge in [-0.15, -0.1) is 0 Å². The first-order valence-corrected chi connectivity index (χ1v) is 7.60. The number of amides is 1. The van der Waals surface area contributed by atoms with Crippen LogP contribution < -0.4 is 0 Å². The Hall–Kier alpha value is -2.44. The van der Waals surface area contributed by atoms with Gasteiger partial charge in [0, 0.05) is 17.8 Å². The van der Waals surface area contributed by atoms with Crippen molar-refractivity contribution in [3.05, 3.63) is 23.5 Å². The summed E-state index contributed by atoms with van der Waals surface area (Å²) < 4.78 is 1.76. The van der Waals surface area contributed by atoms with E-state index in [1.165, 1.54) is 4.90 Å². The number of carboxylic acids is 1. The van der Waals surface area contributed by atoms with Gasteiger partial charge < -0.3 is 10.0 Å². The molecule has 0 aliphatic rings. The zero-order chi connectivity index (χ0) is 17.3. The number of carbonyl (C=O) groups is 2. The molecule has 2 heterocycles. The minimum absolute atomic E-state index is 0.116. The lowest BCUT2D eigenvalue weighted by atomic mass is 10.1. The summed E-state index contributed by atoms with van der Waals surface area (Å²) in [6.07, 6.45) is 1.62. The minimum atomic E-state index is -1.04. The Balaban J connectivity index is 2.57. The van der Waals surface area contributed by atoms with E-state index in [0.717, 1.165) is 0 Å². The van der Waals surface area contributed by atoms with Crippen molar-refractivity contribution in [2.45, 2.75) is 46.7 Å². The molecule has 7 heteroatoms. The molecule has 0 unspecified atom stereocenters. The summed E-state index contributed by atoms with van der Waals surface area (Å²) in [4.78, 5) is 29.7. The Bertz CT molecular complexity index is 749. The number of hydrogen-bond donors (Lipinski definition) is 1. The number of fused-ring (bicyclic) bond motifs is 1. The molecule has 0 radical (unpaired) electrons. The Kier molecular flexibility index (Phi) is 4.68. The molecule has 7 nitrogen and oxygen atoms in total. The predicted molar refractivity (Wildman–Crippen MR) is 86.5 cm³/mol. The van der Waals surface area contributed by atoms with Gasteiger partial charge in [-0.25, -0.2) is 9.67 Å². The fourth-order valence-electron chi connectivity index (χ4n) is 2.49. The predicted octanol–water partition coefficient (Wildman–Crippen LogP) is 2.26. The van der Waals surface area contributed by atoms with Crippen LogP contribution in [0.3, 0.4) is 0 Å². The Morgan fingerprint density at radius 1 is 1.30 bits per heavy atom. The normalized spacial score (nSPS) is 11.4. The smallest absolute Gasteiger partial charge is 0.323 e. The standard InChI is InChI=1S/C16H22N4O3/c1-9(2)19(8-14(21)22)16(23)12-6-11(5)18-15-13(12)7-17-20(15)10(3)4/h6-7,9-10H,8H2,1-5H3,(H,21,22). The number of aliphatic carboxylic acids is 1. The zero-order valence-corrected chi connectivity index (χ0v) is 14.1. The van der Waals surface area contributed by atoms with Gasteiger partial charge in [0.1, 0.15) is 6.54 Å². The number of carbonyl (C=O) groups excluding carboxylic acids is 1. The van der Waals surface area contributed by atoms with Crippen molar-refractivity contribution in [3.63, 3.8) is 0 Å². The number of nitrogens with zero attached hydrogens (tertiary/aromatic N) is 4. The number of aryl methyl sites for hydroxylation is 1. The topological polar surface area (TPSA) is 88.3 Å². The third kappa shape index (κ3) is 3.33. The monoisotopic (exact) mass is 318 g/mol. The van der Waals surface area contributed by atoms with E-state index < -0.39 is 5.97 Å². The summed E-state index contributed by atoms with van der Waals surface area (Å²) in [6, 6.07) is 1.58. The Labute approximate surface area is 134 Å². The van der Waals surface area contributed by atoms with Crippen molar-refractivity contribution in [3.8, 4) is 0 Å². The third-order valence-electron chi connectivity index (χ3n) is 3.60. The first kappa shape index (κ1) is 16.9. The van der Waals surface area contributed by atoms with E-state index in [2.05, 4.69) is 10.1 Å². The van der Waals surface area contributed by atoms with Gasteiger partial charge in [-0.1, -0.05) is 0 Å². The maximum Gasteiger partial charge on any atom is 0.323 e. The lowest BCUT2D eigenvalue weighted by molar-refractivity contribution is -0.138. The summed E-state index contributed by atoms with van der Waals surface area (Å²) in [5.74, 6) is -1.35. The molecule has 0 bridgehead atoms. The number of pyridine rings is 1.